The van der Waals surface area contributed by atoms with Gasteiger partial charge in [-0.2, -0.15) is 5.10 Å². The van der Waals surface area contributed by atoms with E-state index in [0.29, 0.717) is 0 Å². The minimum absolute atomic E-state index is 0.829. The summed E-state index contributed by atoms with van der Waals surface area (Å²) >= 11 is 7.58. The highest BCUT2D eigenvalue weighted by atomic mass is 35.5. The van der Waals surface area contributed by atoms with Crippen molar-refractivity contribution in [3.8, 4) is 11.3 Å². The molecule has 2 nitrogen and oxygen atoms in total. The highest BCUT2D eigenvalue weighted by Crippen LogP contribution is 2.32. The van der Waals surface area contributed by atoms with Gasteiger partial charge in [-0.15, -0.1) is 11.3 Å². The lowest BCUT2D eigenvalue weighted by atomic mass is 10.2. The summed E-state index contributed by atoms with van der Waals surface area (Å²) in [5, 5.41) is 6.19. The Balaban J connectivity index is 2.52. The molecule has 0 atom stereocenters. The minimum atomic E-state index is 0.829. The Morgan fingerprint density at radius 3 is 3.00 bits per heavy atom. The van der Waals surface area contributed by atoms with Gasteiger partial charge >= 0.3 is 0 Å². The summed E-state index contributed by atoms with van der Waals surface area (Å²) in [5.41, 5.74) is 2.17. The van der Waals surface area contributed by atoms with E-state index < -0.39 is 0 Å². The fourth-order valence-corrected chi connectivity index (χ4v) is 2.23. The molecule has 0 aliphatic heterocycles. The lowest BCUT2D eigenvalue weighted by molar-refractivity contribution is 0.667. The summed E-state index contributed by atoms with van der Waals surface area (Å²) in [7, 11) is 0. The van der Waals surface area contributed by atoms with Crippen molar-refractivity contribution in [3.63, 3.8) is 0 Å². The van der Waals surface area contributed by atoms with E-state index in [0.717, 1.165) is 22.1 Å². The number of nitrogens with zero attached hydrogens (tertiary/aromatic N) is 2. The number of rotatable bonds is 2. The van der Waals surface area contributed by atoms with Crippen LogP contribution in [-0.2, 0) is 6.54 Å². The molecule has 0 N–H and O–H groups in total. The van der Waals surface area contributed by atoms with E-state index in [1.54, 1.807) is 17.5 Å². The van der Waals surface area contributed by atoms with E-state index in [9.17, 15) is 0 Å². The Morgan fingerprint density at radius 1 is 1.54 bits per heavy atom. The third kappa shape index (κ3) is 1.49. The van der Waals surface area contributed by atoms with Crippen LogP contribution in [0.2, 0.25) is 4.34 Å². The third-order valence-corrected chi connectivity index (χ3v) is 3.08. The molecule has 13 heavy (non-hydrogen) atoms. The van der Waals surface area contributed by atoms with Gasteiger partial charge in [-0.3, -0.25) is 4.68 Å². The molecule has 0 saturated heterocycles. The van der Waals surface area contributed by atoms with Crippen LogP contribution < -0.4 is 0 Å². The molecule has 0 aliphatic rings. The second kappa shape index (κ2) is 3.52. The van der Waals surface area contributed by atoms with Crippen molar-refractivity contribution in [2.24, 2.45) is 0 Å². The number of hydrogen-bond donors (Lipinski definition) is 0. The maximum absolute atomic E-state index is 6.04. The van der Waals surface area contributed by atoms with Crippen LogP contribution in [0.5, 0.6) is 0 Å². The molecule has 0 amide bonds. The van der Waals surface area contributed by atoms with Crippen molar-refractivity contribution >= 4 is 22.9 Å². The lowest BCUT2D eigenvalue weighted by Crippen LogP contribution is -1.97. The Labute approximate surface area is 85.8 Å². The molecule has 0 saturated carbocycles. The Hall–Kier alpha value is -0.800. The minimum Gasteiger partial charge on any atom is -0.265 e. The summed E-state index contributed by atoms with van der Waals surface area (Å²) in [6, 6.07) is 4.01. The highest BCUT2D eigenvalue weighted by Gasteiger charge is 2.08. The molecular weight excluding hydrogens is 204 g/mol. The second-order valence-corrected chi connectivity index (χ2v) is 4.16. The molecule has 2 rings (SSSR count). The summed E-state index contributed by atoms with van der Waals surface area (Å²) in [4.78, 5) is 0. The van der Waals surface area contributed by atoms with Gasteiger partial charge in [-0.25, -0.2) is 0 Å². The van der Waals surface area contributed by atoms with Crippen LogP contribution in [-0.4, -0.2) is 9.78 Å². The van der Waals surface area contributed by atoms with Crippen molar-refractivity contribution in [1.82, 2.24) is 9.78 Å². The molecule has 0 aliphatic carbocycles. The standard InChI is InChI=1S/C9H9ClN2S/c1-2-12-8(3-5-11-12)7-4-6-13-9(7)10/h3-6H,2H2,1H3. The smallest absolute Gasteiger partial charge is 0.102 e. The van der Waals surface area contributed by atoms with Crippen molar-refractivity contribution in [2.45, 2.75) is 13.5 Å². The van der Waals surface area contributed by atoms with Crippen LogP contribution in [0, 0.1) is 0 Å². The van der Waals surface area contributed by atoms with Gasteiger partial charge in [0.05, 0.1) is 5.69 Å². The zero-order chi connectivity index (χ0) is 9.26. The first-order valence-corrected chi connectivity index (χ1v) is 5.34. The fourth-order valence-electron chi connectivity index (χ4n) is 1.29. The van der Waals surface area contributed by atoms with Gasteiger partial charge < -0.3 is 0 Å². The molecule has 0 unspecified atom stereocenters. The van der Waals surface area contributed by atoms with Crippen molar-refractivity contribution in [2.75, 3.05) is 0 Å². The average molecular weight is 213 g/mol. The molecule has 0 radical (unpaired) electrons. The molecule has 0 bridgehead atoms. The lowest BCUT2D eigenvalue weighted by Gasteiger charge is -2.02. The first-order valence-electron chi connectivity index (χ1n) is 4.08. The van der Waals surface area contributed by atoms with E-state index in [4.69, 9.17) is 11.6 Å². The molecule has 2 aromatic rings. The Morgan fingerprint density at radius 2 is 2.38 bits per heavy atom. The van der Waals surface area contributed by atoms with Gasteiger partial charge in [0, 0.05) is 18.3 Å². The zero-order valence-electron chi connectivity index (χ0n) is 7.20. The van der Waals surface area contributed by atoms with E-state index in [1.165, 1.54) is 0 Å². The topological polar surface area (TPSA) is 17.8 Å². The summed E-state index contributed by atoms with van der Waals surface area (Å²) in [6.45, 7) is 2.94. The Kier molecular flexibility index (Phi) is 2.38. The largest absolute Gasteiger partial charge is 0.265 e. The molecule has 2 heterocycles. The maximum Gasteiger partial charge on any atom is 0.102 e. The number of aryl methyl sites for hydroxylation is 1. The summed E-state index contributed by atoms with van der Waals surface area (Å²) in [5.74, 6) is 0. The van der Waals surface area contributed by atoms with Crippen LogP contribution in [0.15, 0.2) is 23.7 Å². The highest BCUT2D eigenvalue weighted by molar-refractivity contribution is 7.15. The Bertz CT molecular complexity index is 405. The van der Waals surface area contributed by atoms with E-state index in [1.807, 2.05) is 22.2 Å². The number of thiophene rings is 1. The molecule has 2 aromatic heterocycles. The average Bonchev–Trinajstić information content (AvgIpc) is 2.71. The number of aromatic nitrogens is 2. The number of hydrogen-bond acceptors (Lipinski definition) is 2. The van der Waals surface area contributed by atoms with Crippen LogP contribution in [0.25, 0.3) is 11.3 Å². The van der Waals surface area contributed by atoms with E-state index in [2.05, 4.69) is 12.0 Å². The molecule has 68 valence electrons. The fraction of sp³-hybridized carbons (Fsp3) is 0.222. The van der Waals surface area contributed by atoms with Gasteiger partial charge in [0.15, 0.2) is 0 Å². The molecule has 0 spiro atoms. The molecule has 4 heteroatoms. The van der Waals surface area contributed by atoms with Gasteiger partial charge in [0.2, 0.25) is 0 Å². The van der Waals surface area contributed by atoms with Gasteiger partial charge in [-0.05, 0) is 24.4 Å². The van der Waals surface area contributed by atoms with E-state index in [-0.39, 0.29) is 0 Å². The van der Waals surface area contributed by atoms with Crippen LogP contribution in [0.4, 0.5) is 0 Å². The predicted octanol–water partition coefficient (Wildman–Crippen LogP) is 3.28. The maximum atomic E-state index is 6.04. The predicted molar refractivity (Wildman–Crippen MR) is 56.2 cm³/mol. The summed E-state index contributed by atoms with van der Waals surface area (Å²) in [6.07, 6.45) is 1.80. The van der Waals surface area contributed by atoms with Crippen molar-refractivity contribution in [3.05, 3.63) is 28.0 Å². The van der Waals surface area contributed by atoms with Crippen LogP contribution >= 0.6 is 22.9 Å². The first kappa shape index (κ1) is 8.78. The second-order valence-electron chi connectivity index (χ2n) is 2.64. The van der Waals surface area contributed by atoms with Gasteiger partial charge in [0.25, 0.3) is 0 Å². The van der Waals surface area contributed by atoms with Gasteiger partial charge in [0.1, 0.15) is 4.34 Å². The summed E-state index contributed by atoms with van der Waals surface area (Å²) < 4.78 is 2.77. The van der Waals surface area contributed by atoms with Gasteiger partial charge in [-0.1, -0.05) is 11.6 Å². The normalized spacial score (nSPS) is 10.6. The van der Waals surface area contributed by atoms with Crippen molar-refractivity contribution in [1.29, 1.82) is 0 Å². The SMILES string of the molecule is CCn1nccc1-c1ccsc1Cl. The van der Waals surface area contributed by atoms with Crippen LogP contribution in [0.3, 0.4) is 0 Å². The quantitative estimate of drug-likeness (QED) is 0.747. The van der Waals surface area contributed by atoms with E-state index >= 15 is 0 Å². The monoisotopic (exact) mass is 212 g/mol. The molecule has 0 fully saturated rings. The first-order chi connectivity index (χ1) is 6.33. The molecular formula is C9H9ClN2S. The number of halogens is 1. The zero-order valence-corrected chi connectivity index (χ0v) is 8.77. The van der Waals surface area contributed by atoms with Crippen LogP contribution in [0.1, 0.15) is 6.92 Å². The van der Waals surface area contributed by atoms with Crippen molar-refractivity contribution < 1.29 is 0 Å². The third-order valence-electron chi connectivity index (χ3n) is 1.91. The molecule has 0 aromatic carbocycles.